The maximum atomic E-state index is 12.7. The van der Waals surface area contributed by atoms with Crippen LogP contribution in [0, 0.1) is 10.1 Å². The fourth-order valence-electron chi connectivity index (χ4n) is 2.07. The average molecular weight is 383 g/mol. The molecule has 0 amide bonds. The minimum atomic E-state index is -4.69. The molecule has 0 saturated heterocycles. The largest absolute Gasteiger partial charge is 0.507 e. The lowest BCUT2D eigenvalue weighted by Crippen LogP contribution is -2.06. The van der Waals surface area contributed by atoms with Crippen molar-refractivity contribution < 1.29 is 27.9 Å². The third-order valence-corrected chi connectivity index (χ3v) is 3.39. The van der Waals surface area contributed by atoms with Gasteiger partial charge < -0.3 is 9.84 Å². The maximum absolute atomic E-state index is 12.7. The van der Waals surface area contributed by atoms with Gasteiger partial charge in [-0.1, -0.05) is 6.92 Å². The topological polar surface area (TPSA) is 97.0 Å². The number of anilines is 1. The van der Waals surface area contributed by atoms with Gasteiger partial charge in [0, 0.05) is 17.7 Å². The first-order chi connectivity index (χ1) is 12.7. The molecule has 7 nitrogen and oxygen atoms in total. The monoisotopic (exact) mass is 383 g/mol. The van der Waals surface area contributed by atoms with Crippen molar-refractivity contribution in [2.45, 2.75) is 19.5 Å². The van der Waals surface area contributed by atoms with Crippen LogP contribution >= 0.6 is 0 Å². The summed E-state index contributed by atoms with van der Waals surface area (Å²) >= 11 is 0. The summed E-state index contributed by atoms with van der Waals surface area (Å²) in [4.78, 5) is 10.1. The number of nitro benzene ring substituents is 1. The van der Waals surface area contributed by atoms with E-state index in [-0.39, 0.29) is 11.4 Å². The van der Waals surface area contributed by atoms with Crippen molar-refractivity contribution in [2.75, 3.05) is 12.0 Å². The number of nitro groups is 1. The number of hydrazone groups is 1. The van der Waals surface area contributed by atoms with E-state index >= 15 is 0 Å². The summed E-state index contributed by atoms with van der Waals surface area (Å²) in [5, 5.41) is 24.7. The van der Waals surface area contributed by atoms with Crippen LogP contribution in [0.4, 0.5) is 24.5 Å². The first-order valence-corrected chi connectivity index (χ1v) is 7.83. The number of rotatable bonds is 7. The molecule has 0 unspecified atom stereocenters. The fourth-order valence-corrected chi connectivity index (χ4v) is 2.07. The number of benzene rings is 2. The molecule has 27 heavy (non-hydrogen) atoms. The highest BCUT2D eigenvalue weighted by Gasteiger charge is 2.33. The van der Waals surface area contributed by atoms with Crippen molar-refractivity contribution in [3.05, 3.63) is 57.6 Å². The van der Waals surface area contributed by atoms with E-state index in [4.69, 9.17) is 4.74 Å². The second-order valence-corrected chi connectivity index (χ2v) is 5.43. The number of nitrogens with one attached hydrogen (secondary N) is 1. The van der Waals surface area contributed by atoms with Gasteiger partial charge in [-0.05, 0) is 30.7 Å². The predicted molar refractivity (Wildman–Crippen MR) is 93.2 cm³/mol. The van der Waals surface area contributed by atoms with Crippen molar-refractivity contribution in [3.63, 3.8) is 0 Å². The molecule has 2 rings (SSSR count). The molecule has 144 valence electrons. The molecule has 0 aromatic heterocycles. The van der Waals surface area contributed by atoms with Crippen LogP contribution in [0.3, 0.4) is 0 Å². The molecule has 0 radical (unpaired) electrons. The molecule has 0 fully saturated rings. The van der Waals surface area contributed by atoms with Gasteiger partial charge in [0.15, 0.2) is 0 Å². The van der Waals surface area contributed by atoms with Gasteiger partial charge in [0.05, 0.1) is 23.3 Å². The number of halogens is 3. The van der Waals surface area contributed by atoms with Crippen LogP contribution in [0.2, 0.25) is 0 Å². The van der Waals surface area contributed by atoms with Gasteiger partial charge in [-0.15, -0.1) is 0 Å². The number of phenols is 1. The van der Waals surface area contributed by atoms with Crippen LogP contribution in [0.25, 0.3) is 0 Å². The molecule has 0 aliphatic carbocycles. The van der Waals surface area contributed by atoms with Crippen LogP contribution in [0.5, 0.6) is 11.5 Å². The van der Waals surface area contributed by atoms with Crippen LogP contribution < -0.4 is 10.2 Å². The summed E-state index contributed by atoms with van der Waals surface area (Å²) in [7, 11) is 0. The summed E-state index contributed by atoms with van der Waals surface area (Å²) in [6, 6.07) is 6.57. The first kappa shape index (κ1) is 20.0. The summed E-state index contributed by atoms with van der Waals surface area (Å²) < 4.78 is 43.4. The molecule has 2 aromatic carbocycles. The van der Waals surface area contributed by atoms with Gasteiger partial charge in [-0.25, -0.2) is 0 Å². The Morgan fingerprint density at radius 3 is 2.63 bits per heavy atom. The highest BCUT2D eigenvalue weighted by atomic mass is 19.4. The van der Waals surface area contributed by atoms with Crippen LogP contribution in [-0.4, -0.2) is 22.9 Å². The van der Waals surface area contributed by atoms with E-state index < -0.39 is 22.4 Å². The summed E-state index contributed by atoms with van der Waals surface area (Å²) in [6.45, 7) is 2.43. The second-order valence-electron chi connectivity index (χ2n) is 5.43. The quantitative estimate of drug-likeness (QED) is 0.415. The van der Waals surface area contributed by atoms with E-state index in [0.29, 0.717) is 30.1 Å². The van der Waals surface area contributed by atoms with Crippen LogP contribution in [0.15, 0.2) is 41.5 Å². The molecule has 10 heteroatoms. The lowest BCUT2D eigenvalue weighted by Gasteiger charge is -2.08. The molecule has 0 spiro atoms. The Morgan fingerprint density at radius 1 is 1.30 bits per heavy atom. The average Bonchev–Trinajstić information content (AvgIpc) is 2.60. The van der Waals surface area contributed by atoms with Gasteiger partial charge >= 0.3 is 6.18 Å². The maximum Gasteiger partial charge on any atom is 0.416 e. The van der Waals surface area contributed by atoms with Crippen molar-refractivity contribution in [1.29, 1.82) is 0 Å². The molecule has 0 bridgehead atoms. The zero-order chi connectivity index (χ0) is 20.0. The standard InChI is InChI=1S/C17H16F3N3O4/c1-2-7-27-13-5-3-11(16(24)9-13)10-21-22-14-6-4-12(17(18,19)20)8-15(14)23(25)26/h3-6,8-10,22,24H,2,7H2,1H3/b21-10+. The van der Waals surface area contributed by atoms with Crippen molar-refractivity contribution in [1.82, 2.24) is 0 Å². The van der Waals surface area contributed by atoms with E-state index in [2.05, 4.69) is 10.5 Å². The number of alkyl halides is 3. The molecule has 0 heterocycles. The van der Waals surface area contributed by atoms with Gasteiger partial charge in [0.1, 0.15) is 17.2 Å². The minimum Gasteiger partial charge on any atom is -0.507 e. The van der Waals surface area contributed by atoms with Gasteiger partial charge in [-0.2, -0.15) is 18.3 Å². The lowest BCUT2D eigenvalue weighted by atomic mass is 10.1. The van der Waals surface area contributed by atoms with Crippen LogP contribution in [-0.2, 0) is 6.18 Å². The molecule has 0 saturated carbocycles. The number of phenolic OH excluding ortho intramolecular Hbond substituents is 1. The molecular weight excluding hydrogens is 367 g/mol. The van der Waals surface area contributed by atoms with E-state index in [0.717, 1.165) is 12.5 Å². The Morgan fingerprint density at radius 2 is 2.04 bits per heavy atom. The Hall–Kier alpha value is -3.30. The van der Waals surface area contributed by atoms with Crippen molar-refractivity contribution in [2.24, 2.45) is 5.10 Å². The molecule has 0 aliphatic heterocycles. The SMILES string of the molecule is CCCOc1ccc(/C=N/Nc2ccc(C(F)(F)F)cc2[N+](=O)[O-])c(O)c1. The molecule has 0 atom stereocenters. The lowest BCUT2D eigenvalue weighted by molar-refractivity contribution is -0.384. The van der Waals surface area contributed by atoms with E-state index in [9.17, 15) is 28.4 Å². The fraction of sp³-hybridized carbons (Fsp3) is 0.235. The third-order valence-electron chi connectivity index (χ3n) is 3.39. The molecule has 2 N–H and O–H groups in total. The Kier molecular flexibility index (Phi) is 6.22. The van der Waals surface area contributed by atoms with Crippen molar-refractivity contribution in [3.8, 4) is 11.5 Å². The van der Waals surface area contributed by atoms with E-state index in [1.54, 1.807) is 6.07 Å². The third kappa shape index (κ3) is 5.33. The van der Waals surface area contributed by atoms with Gasteiger partial charge in [0.2, 0.25) is 0 Å². The smallest absolute Gasteiger partial charge is 0.416 e. The Labute approximate surface area is 152 Å². The zero-order valence-corrected chi connectivity index (χ0v) is 14.2. The summed E-state index contributed by atoms with van der Waals surface area (Å²) in [6.07, 6.45) is -2.71. The minimum absolute atomic E-state index is 0.129. The van der Waals surface area contributed by atoms with E-state index in [1.807, 2.05) is 6.92 Å². The number of hydrogen-bond acceptors (Lipinski definition) is 6. The highest BCUT2D eigenvalue weighted by Crippen LogP contribution is 2.35. The van der Waals surface area contributed by atoms with E-state index in [1.165, 1.54) is 18.3 Å². The Balaban J connectivity index is 2.17. The van der Waals surface area contributed by atoms with Gasteiger partial charge in [-0.3, -0.25) is 15.5 Å². The molecular formula is C17H16F3N3O4. The number of ether oxygens (including phenoxy) is 1. The number of aromatic hydroxyl groups is 1. The van der Waals surface area contributed by atoms with Crippen LogP contribution in [0.1, 0.15) is 24.5 Å². The zero-order valence-electron chi connectivity index (χ0n) is 14.2. The molecule has 2 aromatic rings. The van der Waals surface area contributed by atoms with Gasteiger partial charge in [0.25, 0.3) is 5.69 Å². The highest BCUT2D eigenvalue weighted by molar-refractivity contribution is 5.84. The predicted octanol–water partition coefficient (Wildman–Crippen LogP) is 4.55. The van der Waals surface area contributed by atoms with Crippen molar-refractivity contribution >= 4 is 17.6 Å². The molecule has 0 aliphatic rings. The summed E-state index contributed by atoms with van der Waals surface area (Å²) in [5.41, 5.74) is 0.488. The Bertz CT molecular complexity index is 854. The summed E-state index contributed by atoms with van der Waals surface area (Å²) in [5.74, 6) is 0.342. The number of nitrogens with zero attached hydrogens (tertiary/aromatic N) is 2. The number of hydrogen-bond donors (Lipinski definition) is 2. The normalized spacial score (nSPS) is 11.6. The first-order valence-electron chi connectivity index (χ1n) is 7.83. The second kappa shape index (κ2) is 8.39.